The minimum absolute atomic E-state index is 1.08. The van der Waals surface area contributed by atoms with Gasteiger partial charge in [0.05, 0.1) is 5.69 Å². The van der Waals surface area contributed by atoms with Crippen LogP contribution in [0.15, 0.2) is 72.9 Å². The highest BCUT2D eigenvalue weighted by atomic mass is 14.7. The molecule has 0 bridgehead atoms. The summed E-state index contributed by atoms with van der Waals surface area (Å²) in [7, 11) is 0. The van der Waals surface area contributed by atoms with E-state index in [1.165, 1.54) is 27.8 Å². The Labute approximate surface area is 118 Å². The molecule has 1 aliphatic carbocycles. The Morgan fingerprint density at radius 3 is 2.20 bits per heavy atom. The van der Waals surface area contributed by atoms with Gasteiger partial charge in [-0.15, -0.1) is 0 Å². The van der Waals surface area contributed by atoms with E-state index < -0.39 is 0 Å². The molecule has 0 saturated carbocycles. The summed E-state index contributed by atoms with van der Waals surface area (Å²) in [5.41, 5.74) is 7.27. The van der Waals surface area contributed by atoms with Crippen LogP contribution in [-0.2, 0) is 0 Å². The van der Waals surface area contributed by atoms with Crippen molar-refractivity contribution in [2.24, 2.45) is 0 Å². The van der Waals surface area contributed by atoms with Crippen LogP contribution in [0.2, 0.25) is 0 Å². The van der Waals surface area contributed by atoms with Crippen molar-refractivity contribution in [3.8, 4) is 11.1 Å². The third kappa shape index (κ3) is 1.68. The second-order valence-electron chi connectivity index (χ2n) is 4.91. The highest BCUT2D eigenvalue weighted by Gasteiger charge is 2.23. The summed E-state index contributed by atoms with van der Waals surface area (Å²) >= 11 is 0. The lowest BCUT2D eigenvalue weighted by atomic mass is 10.0. The predicted octanol–water partition coefficient (Wildman–Crippen LogP) is 4.65. The summed E-state index contributed by atoms with van der Waals surface area (Å²) in [4.78, 5) is 4.58. The lowest BCUT2D eigenvalue weighted by molar-refractivity contribution is 1.30. The molecule has 0 radical (unpaired) electrons. The van der Waals surface area contributed by atoms with Crippen LogP contribution in [0, 0.1) is 0 Å². The van der Waals surface area contributed by atoms with E-state index in [2.05, 4.69) is 65.7 Å². The molecule has 0 atom stereocenters. The number of pyridine rings is 1. The minimum atomic E-state index is 1.08. The maximum Gasteiger partial charge on any atom is 0.0786 e. The van der Waals surface area contributed by atoms with Crippen molar-refractivity contribution in [2.75, 3.05) is 0 Å². The third-order valence-electron chi connectivity index (χ3n) is 3.68. The zero-order valence-corrected chi connectivity index (χ0v) is 11.0. The van der Waals surface area contributed by atoms with Gasteiger partial charge in [-0.2, -0.15) is 0 Å². The molecule has 0 N–H and O–H groups in total. The Kier molecular flexibility index (Phi) is 2.49. The Morgan fingerprint density at radius 1 is 0.650 bits per heavy atom. The highest BCUT2D eigenvalue weighted by molar-refractivity contribution is 6.05. The normalized spacial score (nSPS) is 14.1. The molecule has 0 amide bonds. The number of nitrogens with zero attached hydrogens (tertiary/aromatic N) is 1. The zero-order chi connectivity index (χ0) is 13.4. The summed E-state index contributed by atoms with van der Waals surface area (Å²) < 4.78 is 0. The lowest BCUT2D eigenvalue weighted by Crippen LogP contribution is -1.85. The Balaban J connectivity index is 1.99. The average Bonchev–Trinajstić information content (AvgIpc) is 2.84. The van der Waals surface area contributed by atoms with Crippen molar-refractivity contribution < 1.29 is 0 Å². The van der Waals surface area contributed by atoms with Crippen molar-refractivity contribution in [3.05, 3.63) is 89.7 Å². The fourth-order valence-electron chi connectivity index (χ4n) is 2.78. The average molecular weight is 255 g/mol. The molecule has 2 aromatic carbocycles. The van der Waals surface area contributed by atoms with E-state index in [0.29, 0.717) is 0 Å². The number of benzene rings is 2. The molecule has 4 rings (SSSR count). The molecule has 3 aromatic rings. The van der Waals surface area contributed by atoms with Gasteiger partial charge >= 0.3 is 0 Å². The van der Waals surface area contributed by atoms with Crippen LogP contribution in [0.1, 0.15) is 16.8 Å². The van der Waals surface area contributed by atoms with Crippen molar-refractivity contribution in [3.63, 3.8) is 0 Å². The fraction of sp³-hybridized carbons (Fsp3) is 0. The van der Waals surface area contributed by atoms with Crippen LogP contribution >= 0.6 is 0 Å². The Bertz CT molecular complexity index is 753. The number of fused-ring (bicyclic) bond motifs is 3. The molecule has 0 unspecified atom stereocenters. The first-order chi connectivity index (χ1) is 9.93. The van der Waals surface area contributed by atoms with Crippen LogP contribution in [-0.4, -0.2) is 4.98 Å². The number of aromatic nitrogens is 1. The van der Waals surface area contributed by atoms with Crippen LogP contribution in [0.3, 0.4) is 0 Å². The van der Waals surface area contributed by atoms with Gasteiger partial charge in [-0.05, 0) is 28.8 Å². The van der Waals surface area contributed by atoms with E-state index in [9.17, 15) is 0 Å². The molecular weight excluding hydrogens is 242 g/mol. The molecule has 0 aliphatic heterocycles. The van der Waals surface area contributed by atoms with Gasteiger partial charge in [0.15, 0.2) is 0 Å². The van der Waals surface area contributed by atoms with E-state index in [1.807, 2.05) is 18.3 Å². The molecule has 20 heavy (non-hydrogen) atoms. The van der Waals surface area contributed by atoms with Crippen LogP contribution in [0.25, 0.3) is 22.8 Å². The first kappa shape index (κ1) is 11.2. The Hall–Kier alpha value is -2.67. The molecule has 1 heteroatoms. The van der Waals surface area contributed by atoms with E-state index in [0.717, 1.165) is 5.69 Å². The van der Waals surface area contributed by atoms with Gasteiger partial charge in [0.2, 0.25) is 0 Å². The summed E-state index contributed by atoms with van der Waals surface area (Å²) in [6.07, 6.45) is 4.08. The molecule has 0 saturated heterocycles. The highest BCUT2D eigenvalue weighted by Crippen LogP contribution is 2.43. The number of hydrogen-bond donors (Lipinski definition) is 0. The summed E-state index contributed by atoms with van der Waals surface area (Å²) in [6, 6.07) is 23.1. The van der Waals surface area contributed by atoms with Gasteiger partial charge in [-0.25, -0.2) is 0 Å². The number of rotatable bonds is 1. The molecule has 1 aromatic heterocycles. The van der Waals surface area contributed by atoms with E-state index in [-0.39, 0.29) is 0 Å². The molecule has 1 nitrogen and oxygen atoms in total. The molecule has 0 spiro atoms. The van der Waals surface area contributed by atoms with Gasteiger partial charge < -0.3 is 0 Å². The van der Waals surface area contributed by atoms with E-state index >= 15 is 0 Å². The standard InChI is InChI=1S/C19H13N/c1-2-7-14(8-3-1)13-18-16-10-5-4-9-15(16)17-11-6-12-20-19(17)18/h1-13H. The van der Waals surface area contributed by atoms with Gasteiger partial charge in [-0.1, -0.05) is 60.7 Å². The van der Waals surface area contributed by atoms with Crippen molar-refractivity contribution in [2.45, 2.75) is 0 Å². The topological polar surface area (TPSA) is 12.9 Å². The smallest absolute Gasteiger partial charge is 0.0786 e. The van der Waals surface area contributed by atoms with Gasteiger partial charge in [0.25, 0.3) is 0 Å². The second kappa shape index (κ2) is 4.46. The first-order valence-electron chi connectivity index (χ1n) is 6.75. The van der Waals surface area contributed by atoms with Crippen molar-refractivity contribution >= 4 is 11.6 Å². The number of hydrogen-bond acceptors (Lipinski definition) is 1. The maximum atomic E-state index is 4.58. The SMILES string of the molecule is C(=C1c2ccccc2-c2cccnc21)c1ccccc1. The van der Waals surface area contributed by atoms with E-state index in [1.54, 1.807) is 0 Å². The molecule has 94 valence electrons. The first-order valence-corrected chi connectivity index (χ1v) is 6.75. The minimum Gasteiger partial charge on any atom is -0.256 e. The quantitative estimate of drug-likeness (QED) is 0.482. The van der Waals surface area contributed by atoms with Crippen LogP contribution in [0.5, 0.6) is 0 Å². The van der Waals surface area contributed by atoms with Crippen LogP contribution in [0.4, 0.5) is 0 Å². The predicted molar refractivity (Wildman–Crippen MR) is 83.1 cm³/mol. The fourth-order valence-corrected chi connectivity index (χ4v) is 2.78. The molecule has 0 fully saturated rings. The summed E-state index contributed by atoms with van der Waals surface area (Å²) in [6.45, 7) is 0. The summed E-state index contributed by atoms with van der Waals surface area (Å²) in [5, 5.41) is 0. The maximum absolute atomic E-state index is 4.58. The lowest BCUT2D eigenvalue weighted by Gasteiger charge is -2.02. The summed E-state index contributed by atoms with van der Waals surface area (Å²) in [5.74, 6) is 0. The zero-order valence-electron chi connectivity index (χ0n) is 11.0. The van der Waals surface area contributed by atoms with Gasteiger partial charge in [-0.3, -0.25) is 4.98 Å². The van der Waals surface area contributed by atoms with E-state index in [4.69, 9.17) is 0 Å². The molecular formula is C19H13N. The van der Waals surface area contributed by atoms with Crippen molar-refractivity contribution in [1.82, 2.24) is 4.98 Å². The largest absolute Gasteiger partial charge is 0.256 e. The molecule has 1 heterocycles. The Morgan fingerprint density at radius 2 is 1.35 bits per heavy atom. The van der Waals surface area contributed by atoms with Crippen LogP contribution < -0.4 is 0 Å². The molecule has 1 aliphatic rings. The monoisotopic (exact) mass is 255 g/mol. The second-order valence-corrected chi connectivity index (χ2v) is 4.91. The van der Waals surface area contributed by atoms with Gasteiger partial charge in [0.1, 0.15) is 0 Å². The third-order valence-corrected chi connectivity index (χ3v) is 3.68. The van der Waals surface area contributed by atoms with Crippen molar-refractivity contribution in [1.29, 1.82) is 0 Å². The van der Waals surface area contributed by atoms with Gasteiger partial charge in [0, 0.05) is 17.3 Å².